The van der Waals surface area contributed by atoms with Gasteiger partial charge in [-0.2, -0.15) is 11.8 Å². The third-order valence-electron chi connectivity index (χ3n) is 0.729. The van der Waals surface area contributed by atoms with Crippen molar-refractivity contribution in [2.45, 2.75) is 26.3 Å². The Morgan fingerprint density at radius 1 is 1.62 bits per heavy atom. The van der Waals surface area contributed by atoms with Crippen LogP contribution in [0, 0.1) is 0 Å². The minimum atomic E-state index is 0.367. The largest absolute Gasteiger partial charge is 0.327 e. The highest BCUT2D eigenvalue weighted by Crippen LogP contribution is 2.01. The summed E-state index contributed by atoms with van der Waals surface area (Å²) in [6.45, 7) is 4.23. The Morgan fingerprint density at radius 2 is 2.25 bits per heavy atom. The fourth-order valence-corrected chi connectivity index (χ4v) is 1.24. The molecule has 0 spiro atoms. The lowest BCUT2D eigenvalue weighted by Gasteiger charge is -2.01. The molecular weight excluding hydrogens is 118 g/mol. The average Bonchev–Trinajstić information content (AvgIpc) is 1.66. The van der Waals surface area contributed by atoms with Gasteiger partial charge < -0.3 is 5.73 Å². The predicted octanol–water partition coefficient (Wildman–Crippen LogP) is 1.48. The van der Waals surface area contributed by atoms with Crippen molar-refractivity contribution in [3.05, 3.63) is 0 Å². The first-order valence-corrected chi connectivity index (χ1v) is 4.26. The summed E-state index contributed by atoms with van der Waals surface area (Å²) in [6.07, 6.45) is 1.26. The first-order chi connectivity index (χ1) is 3.77. The van der Waals surface area contributed by atoms with Crippen LogP contribution in [0.3, 0.4) is 0 Å². The van der Waals surface area contributed by atoms with Crippen molar-refractivity contribution in [1.82, 2.24) is 0 Å². The van der Waals surface area contributed by atoms with Crippen LogP contribution in [-0.4, -0.2) is 17.5 Å². The summed E-state index contributed by atoms with van der Waals surface area (Å²) >= 11 is 1.94. The molecule has 0 radical (unpaired) electrons. The molecule has 0 aliphatic carbocycles. The van der Waals surface area contributed by atoms with Crippen molar-refractivity contribution in [2.24, 2.45) is 5.73 Å². The summed E-state index contributed by atoms with van der Waals surface area (Å²) in [5, 5.41) is 0. The Morgan fingerprint density at radius 3 is 2.62 bits per heavy atom. The van der Waals surface area contributed by atoms with E-state index in [0.717, 1.165) is 5.75 Å². The number of thioether (sulfide) groups is 1. The Balaban J connectivity index is 2.72. The van der Waals surface area contributed by atoms with Crippen LogP contribution in [0.2, 0.25) is 0 Å². The number of nitrogens with two attached hydrogens (primary N) is 1. The molecule has 0 heterocycles. The van der Waals surface area contributed by atoms with Gasteiger partial charge in [-0.1, -0.05) is 6.92 Å². The molecule has 2 heteroatoms. The van der Waals surface area contributed by atoms with E-state index in [1.54, 1.807) is 0 Å². The lowest BCUT2D eigenvalue weighted by molar-refractivity contribution is 0.846. The third-order valence-corrected chi connectivity index (χ3v) is 2.19. The second-order valence-corrected chi connectivity index (χ2v) is 3.20. The fourth-order valence-electron chi connectivity index (χ4n) is 0.414. The van der Waals surface area contributed by atoms with Gasteiger partial charge in [0.25, 0.3) is 0 Å². The van der Waals surface area contributed by atoms with Gasteiger partial charge in [-0.05, 0) is 19.1 Å². The fraction of sp³-hybridized carbons (Fsp3) is 1.00. The van der Waals surface area contributed by atoms with Gasteiger partial charge in [-0.25, -0.2) is 0 Å². The first-order valence-electron chi connectivity index (χ1n) is 3.10. The molecule has 0 aromatic carbocycles. The highest BCUT2D eigenvalue weighted by atomic mass is 32.2. The van der Waals surface area contributed by atoms with Crippen molar-refractivity contribution in [3.8, 4) is 0 Å². The van der Waals surface area contributed by atoms with Gasteiger partial charge in [-0.3, -0.25) is 0 Å². The molecule has 0 fully saturated rings. The van der Waals surface area contributed by atoms with Crippen molar-refractivity contribution in [1.29, 1.82) is 0 Å². The van der Waals surface area contributed by atoms with E-state index in [0.29, 0.717) is 6.04 Å². The maximum absolute atomic E-state index is 5.51. The highest BCUT2D eigenvalue weighted by Gasteiger charge is 1.90. The van der Waals surface area contributed by atoms with E-state index in [9.17, 15) is 0 Å². The molecular formula is C6H15NS. The zero-order valence-electron chi connectivity index (χ0n) is 5.68. The molecule has 0 saturated heterocycles. The van der Waals surface area contributed by atoms with Crippen LogP contribution in [0.25, 0.3) is 0 Å². The van der Waals surface area contributed by atoms with Crippen LogP contribution in [0.1, 0.15) is 20.3 Å². The van der Waals surface area contributed by atoms with Gasteiger partial charge in [0.15, 0.2) is 0 Å². The van der Waals surface area contributed by atoms with Crippen LogP contribution in [-0.2, 0) is 0 Å². The molecule has 0 aliphatic heterocycles. The quantitative estimate of drug-likeness (QED) is 0.588. The topological polar surface area (TPSA) is 26.0 Å². The van der Waals surface area contributed by atoms with E-state index in [1.807, 2.05) is 18.7 Å². The molecule has 0 bridgehead atoms. The molecule has 0 saturated carbocycles. The number of hydrogen-bond donors (Lipinski definition) is 1. The lowest BCUT2D eigenvalue weighted by atomic mass is 10.4. The maximum atomic E-state index is 5.51. The average molecular weight is 133 g/mol. The molecule has 50 valence electrons. The van der Waals surface area contributed by atoms with Crippen molar-refractivity contribution in [3.63, 3.8) is 0 Å². The van der Waals surface area contributed by atoms with Gasteiger partial charge in [0.1, 0.15) is 0 Å². The standard InChI is InChI=1S/C6H15NS/c1-3-4-8-5-6(2)7/h6H,3-5,7H2,1-2H3/t6-/m0/s1. The predicted molar refractivity (Wildman–Crippen MR) is 41.3 cm³/mol. The smallest absolute Gasteiger partial charge is 0.0101 e. The Labute approximate surface area is 56.0 Å². The van der Waals surface area contributed by atoms with E-state index in [2.05, 4.69) is 6.92 Å². The maximum Gasteiger partial charge on any atom is 0.0101 e. The van der Waals surface area contributed by atoms with Gasteiger partial charge in [0.2, 0.25) is 0 Å². The van der Waals surface area contributed by atoms with Crippen molar-refractivity contribution >= 4 is 11.8 Å². The molecule has 0 unspecified atom stereocenters. The van der Waals surface area contributed by atoms with Gasteiger partial charge in [-0.15, -0.1) is 0 Å². The highest BCUT2D eigenvalue weighted by molar-refractivity contribution is 7.99. The van der Waals surface area contributed by atoms with Crippen molar-refractivity contribution in [2.75, 3.05) is 11.5 Å². The molecule has 0 amide bonds. The van der Waals surface area contributed by atoms with Crippen molar-refractivity contribution < 1.29 is 0 Å². The molecule has 1 atom stereocenters. The van der Waals surface area contributed by atoms with E-state index >= 15 is 0 Å². The number of rotatable bonds is 4. The van der Waals surface area contributed by atoms with Crippen LogP contribution < -0.4 is 5.73 Å². The Hall–Kier alpha value is 0.310. The van der Waals surface area contributed by atoms with E-state index < -0.39 is 0 Å². The van der Waals surface area contributed by atoms with Crippen LogP contribution in [0.15, 0.2) is 0 Å². The zero-order valence-corrected chi connectivity index (χ0v) is 6.50. The Kier molecular flexibility index (Phi) is 5.66. The second-order valence-electron chi connectivity index (χ2n) is 2.05. The summed E-state index contributed by atoms with van der Waals surface area (Å²) < 4.78 is 0. The van der Waals surface area contributed by atoms with E-state index in [-0.39, 0.29) is 0 Å². The van der Waals surface area contributed by atoms with E-state index in [4.69, 9.17) is 5.73 Å². The molecule has 0 aromatic heterocycles. The minimum Gasteiger partial charge on any atom is -0.327 e. The van der Waals surface area contributed by atoms with Crippen LogP contribution in [0.4, 0.5) is 0 Å². The summed E-state index contributed by atoms with van der Waals surface area (Å²) in [5.74, 6) is 2.36. The van der Waals surface area contributed by atoms with Crippen LogP contribution >= 0.6 is 11.8 Å². The van der Waals surface area contributed by atoms with Gasteiger partial charge in [0.05, 0.1) is 0 Å². The van der Waals surface area contributed by atoms with Crippen LogP contribution in [0.5, 0.6) is 0 Å². The molecule has 8 heavy (non-hydrogen) atoms. The summed E-state index contributed by atoms with van der Waals surface area (Å²) in [6, 6.07) is 0.367. The number of hydrogen-bond acceptors (Lipinski definition) is 2. The zero-order chi connectivity index (χ0) is 6.41. The summed E-state index contributed by atoms with van der Waals surface area (Å²) in [5.41, 5.74) is 5.51. The summed E-state index contributed by atoms with van der Waals surface area (Å²) in [7, 11) is 0. The molecule has 0 aromatic rings. The SMILES string of the molecule is CCCSC[C@H](C)N. The van der Waals surface area contributed by atoms with Gasteiger partial charge >= 0.3 is 0 Å². The monoisotopic (exact) mass is 133 g/mol. The molecule has 1 nitrogen and oxygen atoms in total. The van der Waals surface area contributed by atoms with E-state index in [1.165, 1.54) is 12.2 Å². The molecule has 2 N–H and O–H groups in total. The van der Waals surface area contributed by atoms with Gasteiger partial charge in [0, 0.05) is 11.8 Å². The molecule has 0 rings (SSSR count). The first kappa shape index (κ1) is 8.31. The normalized spacial score (nSPS) is 13.9. The second kappa shape index (κ2) is 5.45. The minimum absolute atomic E-state index is 0.367. The molecule has 0 aliphatic rings. The summed E-state index contributed by atoms with van der Waals surface area (Å²) in [4.78, 5) is 0. The lowest BCUT2D eigenvalue weighted by Crippen LogP contribution is -2.17. The third kappa shape index (κ3) is 6.31. The Bertz CT molecular complexity index is 45.8.